The van der Waals surface area contributed by atoms with Crippen LogP contribution in [0.25, 0.3) is 0 Å². The fraction of sp³-hybridized carbons (Fsp3) is 0.765. The van der Waals surface area contributed by atoms with E-state index in [4.69, 9.17) is 9.47 Å². The van der Waals surface area contributed by atoms with E-state index in [1.165, 1.54) is 0 Å². The zero-order chi connectivity index (χ0) is 17.3. The summed E-state index contributed by atoms with van der Waals surface area (Å²) in [6, 6.07) is 0.205. The summed E-state index contributed by atoms with van der Waals surface area (Å²) >= 11 is 0. The van der Waals surface area contributed by atoms with Crippen molar-refractivity contribution in [2.24, 2.45) is 7.05 Å². The molecule has 134 valence electrons. The molecule has 7 nitrogen and oxygen atoms in total. The molecule has 3 heterocycles. The standard InChI is InChI=1S/C17H28N4O3/c1-12-10-21(8-9-24-12)15(22)11-20-7-5-6-14(20)16-13(2)18-19(3)17(16)23-4/h12,14H,5-11H2,1-4H3/t12-,14-/m1/s1. The molecule has 0 saturated carbocycles. The molecule has 0 aliphatic carbocycles. The molecule has 1 aromatic rings. The van der Waals surface area contributed by atoms with Crippen molar-refractivity contribution in [3.05, 3.63) is 11.3 Å². The lowest BCUT2D eigenvalue weighted by atomic mass is 10.0. The normalized spacial score (nSPS) is 25.2. The highest BCUT2D eigenvalue weighted by Crippen LogP contribution is 2.38. The maximum Gasteiger partial charge on any atom is 0.236 e. The highest BCUT2D eigenvalue weighted by molar-refractivity contribution is 5.78. The Kier molecular flexibility index (Phi) is 5.10. The van der Waals surface area contributed by atoms with Crippen molar-refractivity contribution < 1.29 is 14.3 Å². The number of aromatic nitrogens is 2. The SMILES string of the molecule is COc1c([C@H]2CCCN2CC(=O)N2CCO[C@H](C)C2)c(C)nn1C. The Hall–Kier alpha value is -1.60. The molecular weight excluding hydrogens is 308 g/mol. The number of methoxy groups -OCH3 is 1. The van der Waals surface area contributed by atoms with Gasteiger partial charge in [-0.1, -0.05) is 0 Å². The third-order valence-electron chi connectivity index (χ3n) is 5.04. The number of carbonyl (C=O) groups excluding carboxylic acids is 1. The smallest absolute Gasteiger partial charge is 0.236 e. The molecule has 0 bridgehead atoms. The third kappa shape index (κ3) is 3.28. The molecule has 2 aliphatic rings. The first-order valence-corrected chi connectivity index (χ1v) is 8.72. The van der Waals surface area contributed by atoms with E-state index >= 15 is 0 Å². The summed E-state index contributed by atoms with van der Waals surface area (Å²) in [6.07, 6.45) is 2.25. The van der Waals surface area contributed by atoms with Crippen LogP contribution >= 0.6 is 0 Å². The molecule has 2 fully saturated rings. The van der Waals surface area contributed by atoms with Crippen LogP contribution in [0.1, 0.15) is 37.1 Å². The van der Waals surface area contributed by atoms with Crippen LogP contribution in [-0.4, -0.2) is 71.5 Å². The Balaban J connectivity index is 1.73. The number of aryl methyl sites for hydroxylation is 2. The molecule has 7 heteroatoms. The molecule has 3 rings (SSSR count). The summed E-state index contributed by atoms with van der Waals surface area (Å²) in [4.78, 5) is 16.9. The van der Waals surface area contributed by atoms with E-state index in [1.807, 2.05) is 25.8 Å². The molecule has 2 aliphatic heterocycles. The van der Waals surface area contributed by atoms with Gasteiger partial charge in [0.25, 0.3) is 0 Å². The molecule has 0 unspecified atom stereocenters. The van der Waals surface area contributed by atoms with Gasteiger partial charge in [0.2, 0.25) is 11.8 Å². The van der Waals surface area contributed by atoms with Crippen molar-refractivity contribution in [1.29, 1.82) is 0 Å². The monoisotopic (exact) mass is 336 g/mol. The lowest BCUT2D eigenvalue weighted by Crippen LogP contribution is -2.48. The van der Waals surface area contributed by atoms with Crippen LogP contribution in [0.4, 0.5) is 0 Å². The van der Waals surface area contributed by atoms with Crippen molar-refractivity contribution in [1.82, 2.24) is 19.6 Å². The minimum atomic E-state index is 0.123. The fourth-order valence-corrected chi connectivity index (χ4v) is 3.94. The number of nitrogens with zero attached hydrogens (tertiary/aromatic N) is 4. The lowest BCUT2D eigenvalue weighted by molar-refractivity contribution is -0.139. The van der Waals surface area contributed by atoms with Gasteiger partial charge in [-0.3, -0.25) is 9.69 Å². The second kappa shape index (κ2) is 7.11. The van der Waals surface area contributed by atoms with Gasteiger partial charge < -0.3 is 14.4 Å². The van der Waals surface area contributed by atoms with Gasteiger partial charge in [0.1, 0.15) is 0 Å². The van der Waals surface area contributed by atoms with Crippen molar-refractivity contribution in [2.45, 2.75) is 38.8 Å². The number of morpholine rings is 1. The summed E-state index contributed by atoms with van der Waals surface area (Å²) < 4.78 is 12.9. The lowest BCUT2D eigenvalue weighted by Gasteiger charge is -2.33. The summed E-state index contributed by atoms with van der Waals surface area (Å²) in [6.45, 7) is 7.43. The Labute approximate surface area is 143 Å². The van der Waals surface area contributed by atoms with Crippen molar-refractivity contribution in [3.63, 3.8) is 0 Å². The molecule has 0 spiro atoms. The zero-order valence-electron chi connectivity index (χ0n) is 15.1. The van der Waals surface area contributed by atoms with Gasteiger partial charge in [-0.15, -0.1) is 0 Å². The molecule has 1 amide bonds. The van der Waals surface area contributed by atoms with Gasteiger partial charge in [0.15, 0.2) is 0 Å². The highest BCUT2D eigenvalue weighted by atomic mass is 16.5. The maximum absolute atomic E-state index is 12.7. The topological polar surface area (TPSA) is 59.8 Å². The average Bonchev–Trinajstić information content (AvgIpc) is 3.10. The van der Waals surface area contributed by atoms with Crippen LogP contribution in [0.15, 0.2) is 0 Å². The van der Waals surface area contributed by atoms with E-state index in [9.17, 15) is 4.79 Å². The molecule has 0 radical (unpaired) electrons. The number of hydrogen-bond donors (Lipinski definition) is 0. The summed E-state index contributed by atoms with van der Waals surface area (Å²) in [5.41, 5.74) is 2.11. The Morgan fingerprint density at radius 3 is 2.92 bits per heavy atom. The first-order valence-electron chi connectivity index (χ1n) is 8.72. The van der Waals surface area contributed by atoms with E-state index in [0.29, 0.717) is 26.2 Å². The molecule has 1 aromatic heterocycles. The van der Waals surface area contributed by atoms with Crippen molar-refractivity contribution in [3.8, 4) is 5.88 Å². The van der Waals surface area contributed by atoms with Crippen molar-refractivity contribution >= 4 is 5.91 Å². The van der Waals surface area contributed by atoms with E-state index in [2.05, 4.69) is 10.00 Å². The fourth-order valence-electron chi connectivity index (χ4n) is 3.94. The van der Waals surface area contributed by atoms with Crippen LogP contribution in [-0.2, 0) is 16.6 Å². The number of ether oxygens (including phenoxy) is 2. The van der Waals surface area contributed by atoms with E-state index < -0.39 is 0 Å². The minimum Gasteiger partial charge on any atom is -0.481 e. The van der Waals surface area contributed by atoms with Crippen LogP contribution in [0, 0.1) is 6.92 Å². The summed E-state index contributed by atoms with van der Waals surface area (Å²) in [5, 5.41) is 4.49. The Bertz CT molecular complexity index is 601. The molecule has 0 N–H and O–H groups in total. The van der Waals surface area contributed by atoms with E-state index in [-0.39, 0.29) is 18.1 Å². The minimum absolute atomic E-state index is 0.123. The first-order chi connectivity index (χ1) is 11.5. The van der Waals surface area contributed by atoms with Crippen LogP contribution in [0.5, 0.6) is 5.88 Å². The van der Waals surface area contributed by atoms with Gasteiger partial charge >= 0.3 is 0 Å². The van der Waals surface area contributed by atoms with Crippen LogP contribution in [0.2, 0.25) is 0 Å². The van der Waals surface area contributed by atoms with E-state index in [0.717, 1.165) is 36.5 Å². The summed E-state index contributed by atoms with van der Waals surface area (Å²) in [7, 11) is 3.58. The Morgan fingerprint density at radius 2 is 2.21 bits per heavy atom. The number of hydrogen-bond acceptors (Lipinski definition) is 5. The first kappa shape index (κ1) is 17.2. The second-order valence-electron chi connectivity index (χ2n) is 6.78. The molecule has 2 atom stereocenters. The van der Waals surface area contributed by atoms with Gasteiger partial charge in [0, 0.05) is 26.2 Å². The summed E-state index contributed by atoms with van der Waals surface area (Å²) in [5.74, 6) is 0.995. The van der Waals surface area contributed by atoms with Gasteiger partial charge in [-0.25, -0.2) is 4.68 Å². The van der Waals surface area contributed by atoms with Crippen LogP contribution < -0.4 is 4.74 Å². The third-order valence-corrected chi connectivity index (χ3v) is 5.04. The van der Waals surface area contributed by atoms with Crippen molar-refractivity contribution in [2.75, 3.05) is 39.9 Å². The zero-order valence-corrected chi connectivity index (χ0v) is 15.1. The van der Waals surface area contributed by atoms with E-state index in [1.54, 1.807) is 11.8 Å². The Morgan fingerprint density at radius 1 is 1.42 bits per heavy atom. The van der Waals surface area contributed by atoms with Gasteiger partial charge in [-0.05, 0) is 33.2 Å². The van der Waals surface area contributed by atoms with Gasteiger partial charge in [0.05, 0.1) is 37.6 Å². The van der Waals surface area contributed by atoms with Gasteiger partial charge in [-0.2, -0.15) is 5.10 Å². The van der Waals surface area contributed by atoms with Crippen LogP contribution in [0.3, 0.4) is 0 Å². The molecule has 2 saturated heterocycles. The number of likely N-dealkylation sites (tertiary alicyclic amines) is 1. The largest absolute Gasteiger partial charge is 0.481 e. The molecular formula is C17H28N4O3. The highest BCUT2D eigenvalue weighted by Gasteiger charge is 2.34. The number of amides is 1. The average molecular weight is 336 g/mol. The second-order valence-corrected chi connectivity index (χ2v) is 6.78. The molecule has 0 aromatic carbocycles. The quantitative estimate of drug-likeness (QED) is 0.825. The predicted octanol–water partition coefficient (Wildman–Crippen LogP) is 1.12. The molecule has 24 heavy (non-hydrogen) atoms. The maximum atomic E-state index is 12.7. The number of rotatable bonds is 4. The predicted molar refractivity (Wildman–Crippen MR) is 90.0 cm³/mol. The number of carbonyl (C=O) groups is 1.